The highest BCUT2D eigenvalue weighted by atomic mass is 32.3. The van der Waals surface area contributed by atoms with Crippen LogP contribution in [0.25, 0.3) is 0 Å². The van der Waals surface area contributed by atoms with Crippen LogP contribution in [-0.4, -0.2) is 34.4 Å². The van der Waals surface area contributed by atoms with Gasteiger partial charge in [-0.05, 0) is 35.9 Å². The molecule has 9 nitrogen and oxygen atoms in total. The summed E-state index contributed by atoms with van der Waals surface area (Å²) in [5.74, 6) is -0.783. The molecule has 0 atom stereocenters. The summed E-state index contributed by atoms with van der Waals surface area (Å²) < 4.78 is 166. The number of hydrogen-bond donors (Lipinski definition) is 2. The Labute approximate surface area is 182 Å². The predicted molar refractivity (Wildman–Crippen MR) is 96.5 cm³/mol. The van der Waals surface area contributed by atoms with E-state index < -0.39 is 74.6 Å². The molecular formula is C15H10F6O9S3. The second kappa shape index (κ2) is 8.42. The first-order valence-corrected chi connectivity index (χ1v) is 12.3. The van der Waals surface area contributed by atoms with E-state index in [2.05, 4.69) is 4.18 Å². The lowest BCUT2D eigenvalue weighted by atomic mass is 10.1. The van der Waals surface area contributed by atoms with Crippen molar-refractivity contribution in [3.05, 3.63) is 59.2 Å². The highest BCUT2D eigenvalue weighted by Crippen LogP contribution is 2.38. The molecule has 0 unspecified atom stereocenters. The van der Waals surface area contributed by atoms with Gasteiger partial charge in [-0.2, -0.15) is 51.6 Å². The summed E-state index contributed by atoms with van der Waals surface area (Å²) in [6.45, 7) is 0. The number of halogens is 6. The van der Waals surface area contributed by atoms with Crippen molar-refractivity contribution in [3.8, 4) is 5.75 Å². The van der Waals surface area contributed by atoms with Crippen molar-refractivity contribution in [1.29, 1.82) is 0 Å². The van der Waals surface area contributed by atoms with E-state index in [-0.39, 0.29) is 18.2 Å². The molecule has 0 fully saturated rings. The lowest BCUT2D eigenvalue weighted by molar-refractivity contribution is -0.143. The van der Waals surface area contributed by atoms with Gasteiger partial charge in [0.2, 0.25) is 4.58 Å². The molecule has 0 radical (unpaired) electrons. The first-order chi connectivity index (χ1) is 14.6. The zero-order valence-electron chi connectivity index (χ0n) is 15.4. The van der Waals surface area contributed by atoms with E-state index in [4.69, 9.17) is 9.11 Å². The minimum Gasteiger partial charge on any atom is -0.379 e. The number of hydrogen-bond acceptors (Lipinski definition) is 7. The van der Waals surface area contributed by atoms with E-state index >= 15 is 0 Å². The first kappa shape index (κ1) is 26.8. The molecular weight excluding hydrogens is 534 g/mol. The molecule has 2 N–H and O–H groups in total. The van der Waals surface area contributed by atoms with Gasteiger partial charge in [0, 0.05) is 0 Å². The fourth-order valence-electron chi connectivity index (χ4n) is 2.42. The molecule has 0 bridgehead atoms. The van der Waals surface area contributed by atoms with Crippen LogP contribution in [0.15, 0.2) is 47.4 Å². The standard InChI is InChI=1S/C15H10F6O9S3/c16-14(17,18)9-5-10(15(19,20)21)7-12(6-9)33(28,29)30-11-3-1-8(2-4-11)13(31(22,23)24)32(25,26)27/h1-7,13H,(H,22,23,24)(H,25,26,27). The van der Waals surface area contributed by atoms with Gasteiger partial charge in [-0.25, -0.2) is 0 Å². The molecule has 2 rings (SSSR count). The lowest BCUT2D eigenvalue weighted by Gasteiger charge is -2.15. The normalized spacial score (nSPS) is 13.8. The van der Waals surface area contributed by atoms with Gasteiger partial charge in [0.25, 0.3) is 20.2 Å². The topological polar surface area (TPSA) is 152 Å². The third kappa shape index (κ3) is 6.56. The average Bonchev–Trinajstić information content (AvgIpc) is 2.59. The van der Waals surface area contributed by atoms with Crippen molar-refractivity contribution in [2.75, 3.05) is 0 Å². The summed E-state index contributed by atoms with van der Waals surface area (Å²) in [7, 11) is -16.1. The Hall–Kier alpha value is -2.41. The molecule has 0 amide bonds. The molecule has 0 aliphatic heterocycles. The van der Waals surface area contributed by atoms with Gasteiger partial charge in [-0.3, -0.25) is 9.11 Å². The van der Waals surface area contributed by atoms with E-state index in [1.54, 1.807) is 0 Å². The maximum absolute atomic E-state index is 12.9. The number of alkyl halides is 6. The summed E-state index contributed by atoms with van der Waals surface area (Å²) in [4.78, 5) is -1.51. The molecule has 0 spiro atoms. The molecule has 18 heteroatoms. The Morgan fingerprint density at radius 3 is 1.42 bits per heavy atom. The maximum atomic E-state index is 12.9. The van der Waals surface area contributed by atoms with Gasteiger partial charge in [0.15, 0.2) is 0 Å². The quantitative estimate of drug-likeness (QED) is 0.317. The summed E-state index contributed by atoms with van der Waals surface area (Å²) in [5, 5.41) is 0. The highest BCUT2D eigenvalue weighted by Gasteiger charge is 2.39. The van der Waals surface area contributed by atoms with Gasteiger partial charge in [-0.15, -0.1) is 0 Å². The summed E-state index contributed by atoms with van der Waals surface area (Å²) in [6.07, 6.45) is -10.7. The second-order valence-corrected chi connectivity index (χ2v) is 11.1. The molecule has 0 heterocycles. The third-order valence-electron chi connectivity index (χ3n) is 3.75. The molecule has 0 aliphatic carbocycles. The largest absolute Gasteiger partial charge is 0.416 e. The van der Waals surface area contributed by atoms with Crippen LogP contribution < -0.4 is 4.18 Å². The van der Waals surface area contributed by atoms with Crippen molar-refractivity contribution in [3.63, 3.8) is 0 Å². The fraction of sp³-hybridized carbons (Fsp3) is 0.200. The fourth-order valence-corrected chi connectivity index (χ4v) is 5.66. The molecule has 0 saturated carbocycles. The van der Waals surface area contributed by atoms with E-state index in [0.29, 0.717) is 24.3 Å². The summed E-state index contributed by atoms with van der Waals surface area (Å²) in [5.41, 5.74) is -4.65. The Morgan fingerprint density at radius 2 is 1.09 bits per heavy atom. The number of rotatable bonds is 6. The van der Waals surface area contributed by atoms with Crippen LogP contribution >= 0.6 is 0 Å². The minimum atomic E-state index is -5.41. The summed E-state index contributed by atoms with van der Waals surface area (Å²) in [6, 6.07) is 1.76. The minimum absolute atomic E-state index is 0.106. The van der Waals surface area contributed by atoms with E-state index in [1.807, 2.05) is 0 Å². The van der Waals surface area contributed by atoms with Crippen LogP contribution in [0.2, 0.25) is 0 Å². The molecule has 33 heavy (non-hydrogen) atoms. The molecule has 2 aromatic rings. The Bertz CT molecular complexity index is 1300. The van der Waals surface area contributed by atoms with Gasteiger partial charge >= 0.3 is 22.5 Å². The van der Waals surface area contributed by atoms with Crippen LogP contribution in [0.3, 0.4) is 0 Å². The summed E-state index contributed by atoms with van der Waals surface area (Å²) >= 11 is 0. The maximum Gasteiger partial charge on any atom is 0.416 e. The van der Waals surface area contributed by atoms with E-state index in [1.165, 1.54) is 0 Å². The molecule has 0 aromatic heterocycles. The van der Waals surface area contributed by atoms with Crippen LogP contribution in [-0.2, 0) is 42.7 Å². The van der Waals surface area contributed by atoms with Crippen molar-refractivity contribution in [1.82, 2.24) is 0 Å². The Morgan fingerprint density at radius 1 is 0.697 bits per heavy atom. The highest BCUT2D eigenvalue weighted by molar-refractivity contribution is 8.03. The Kier molecular flexibility index (Phi) is 6.85. The van der Waals surface area contributed by atoms with Gasteiger partial charge in [-0.1, -0.05) is 12.1 Å². The van der Waals surface area contributed by atoms with Crippen LogP contribution in [0, 0.1) is 0 Å². The van der Waals surface area contributed by atoms with Crippen molar-refractivity contribution < 1.29 is 64.9 Å². The molecule has 0 aliphatic rings. The first-order valence-electron chi connectivity index (χ1n) is 7.89. The zero-order chi connectivity index (χ0) is 25.6. The third-order valence-corrected chi connectivity index (χ3v) is 8.06. The predicted octanol–water partition coefficient (Wildman–Crippen LogP) is 3.27. The van der Waals surface area contributed by atoms with Gasteiger partial charge in [0.1, 0.15) is 10.6 Å². The van der Waals surface area contributed by atoms with E-state index in [0.717, 1.165) is 0 Å². The van der Waals surface area contributed by atoms with Crippen LogP contribution in [0.5, 0.6) is 5.75 Å². The van der Waals surface area contributed by atoms with Crippen LogP contribution in [0.4, 0.5) is 26.3 Å². The van der Waals surface area contributed by atoms with Gasteiger partial charge < -0.3 is 4.18 Å². The smallest absolute Gasteiger partial charge is 0.379 e. The molecule has 0 saturated heterocycles. The molecule has 184 valence electrons. The number of benzene rings is 2. The Balaban J connectivity index is 2.50. The van der Waals surface area contributed by atoms with Gasteiger partial charge in [0.05, 0.1) is 11.1 Å². The van der Waals surface area contributed by atoms with Crippen molar-refractivity contribution in [2.24, 2.45) is 0 Å². The molecule has 2 aromatic carbocycles. The average molecular weight is 544 g/mol. The van der Waals surface area contributed by atoms with Crippen molar-refractivity contribution >= 4 is 30.4 Å². The zero-order valence-corrected chi connectivity index (χ0v) is 17.8. The second-order valence-electron chi connectivity index (χ2n) is 6.21. The lowest BCUT2D eigenvalue weighted by Crippen LogP contribution is -2.21. The SMILES string of the molecule is O=S(=O)(Oc1ccc(C(S(=O)(=O)O)S(=O)(=O)O)cc1)c1cc(C(F)(F)F)cc(C(F)(F)F)c1. The van der Waals surface area contributed by atoms with Crippen LogP contribution in [0.1, 0.15) is 21.3 Å². The van der Waals surface area contributed by atoms with E-state index in [9.17, 15) is 51.6 Å². The van der Waals surface area contributed by atoms with Crippen molar-refractivity contribution in [2.45, 2.75) is 21.8 Å². The monoisotopic (exact) mass is 544 g/mol.